The molecule has 21 heavy (non-hydrogen) atoms. The Morgan fingerprint density at radius 3 is 2.43 bits per heavy atom. The molecule has 1 aliphatic rings. The Morgan fingerprint density at radius 2 is 1.86 bits per heavy atom. The van der Waals surface area contributed by atoms with E-state index in [1.54, 1.807) is 0 Å². The van der Waals surface area contributed by atoms with E-state index in [1.807, 2.05) is 5.43 Å². The van der Waals surface area contributed by atoms with Crippen LogP contribution in [0.2, 0.25) is 0 Å². The maximum Gasteiger partial charge on any atom is 0.418 e. The van der Waals surface area contributed by atoms with Crippen molar-refractivity contribution in [2.45, 2.75) is 44.3 Å². The minimum Gasteiger partial charge on any atom is -0.349 e. The highest BCUT2D eigenvalue weighted by molar-refractivity contribution is 6.00. The van der Waals surface area contributed by atoms with Crippen LogP contribution < -0.4 is 16.6 Å². The van der Waals surface area contributed by atoms with Crippen LogP contribution in [0.4, 0.5) is 18.9 Å². The van der Waals surface area contributed by atoms with E-state index in [4.69, 9.17) is 5.84 Å². The van der Waals surface area contributed by atoms with Gasteiger partial charge in [0, 0.05) is 6.04 Å². The average Bonchev–Trinajstić information content (AvgIpc) is 2.46. The van der Waals surface area contributed by atoms with Crippen LogP contribution in [-0.2, 0) is 6.18 Å². The third-order valence-corrected chi connectivity index (χ3v) is 3.70. The third kappa shape index (κ3) is 3.66. The van der Waals surface area contributed by atoms with Gasteiger partial charge in [0.15, 0.2) is 0 Å². The number of benzene rings is 1. The van der Waals surface area contributed by atoms with Crippen LogP contribution in [-0.4, -0.2) is 11.9 Å². The molecule has 4 N–H and O–H groups in total. The molecule has 4 nitrogen and oxygen atoms in total. The second-order valence-corrected chi connectivity index (χ2v) is 5.18. The van der Waals surface area contributed by atoms with Gasteiger partial charge in [0.1, 0.15) is 0 Å². The second kappa shape index (κ2) is 6.34. The van der Waals surface area contributed by atoms with E-state index in [1.165, 1.54) is 12.1 Å². The number of carbonyl (C=O) groups excluding carboxylic acids is 1. The molecular weight excluding hydrogens is 283 g/mol. The zero-order chi connectivity index (χ0) is 15.5. The molecule has 2 rings (SSSR count). The molecule has 0 aromatic heterocycles. The van der Waals surface area contributed by atoms with Crippen LogP contribution in [0.25, 0.3) is 0 Å². The Morgan fingerprint density at radius 1 is 1.19 bits per heavy atom. The quantitative estimate of drug-likeness (QED) is 0.594. The van der Waals surface area contributed by atoms with Gasteiger partial charge in [0.25, 0.3) is 5.91 Å². The lowest BCUT2D eigenvalue weighted by molar-refractivity contribution is -0.137. The number of hydrazine groups is 1. The Labute approximate surface area is 120 Å². The van der Waals surface area contributed by atoms with E-state index >= 15 is 0 Å². The van der Waals surface area contributed by atoms with Crippen molar-refractivity contribution >= 4 is 11.6 Å². The van der Waals surface area contributed by atoms with E-state index in [0.29, 0.717) is 0 Å². The van der Waals surface area contributed by atoms with E-state index in [2.05, 4.69) is 5.32 Å². The Kier molecular flexibility index (Phi) is 4.72. The summed E-state index contributed by atoms with van der Waals surface area (Å²) in [4.78, 5) is 12.2. The molecule has 1 aromatic rings. The largest absolute Gasteiger partial charge is 0.418 e. The Bertz CT molecular complexity index is 511. The summed E-state index contributed by atoms with van der Waals surface area (Å²) in [7, 11) is 0. The highest BCUT2D eigenvalue weighted by atomic mass is 19.4. The van der Waals surface area contributed by atoms with E-state index < -0.39 is 23.3 Å². The van der Waals surface area contributed by atoms with Crippen LogP contribution in [0, 0.1) is 0 Å². The summed E-state index contributed by atoms with van der Waals surface area (Å²) < 4.78 is 38.7. The summed E-state index contributed by atoms with van der Waals surface area (Å²) in [5.74, 6) is 4.66. The number of carbonyl (C=O) groups is 1. The standard InChI is InChI=1S/C14H18F3N3O/c15-14(16,17)11-8-4-7-10(12(11)20-18)13(21)19-9-5-2-1-3-6-9/h4,7-9,20H,1-3,5-6,18H2,(H,19,21). The molecule has 0 atom stereocenters. The lowest BCUT2D eigenvalue weighted by Crippen LogP contribution is -2.37. The van der Waals surface area contributed by atoms with Gasteiger partial charge < -0.3 is 10.7 Å². The smallest absolute Gasteiger partial charge is 0.349 e. The van der Waals surface area contributed by atoms with Crippen LogP contribution in [0.15, 0.2) is 18.2 Å². The maximum absolute atomic E-state index is 12.9. The molecule has 0 heterocycles. The van der Waals surface area contributed by atoms with Crippen LogP contribution in [0.1, 0.15) is 48.0 Å². The highest BCUT2D eigenvalue weighted by Gasteiger charge is 2.35. The number of nitrogens with two attached hydrogens (primary N) is 1. The van der Waals surface area contributed by atoms with Gasteiger partial charge in [-0.3, -0.25) is 10.6 Å². The van der Waals surface area contributed by atoms with Crippen molar-refractivity contribution in [1.82, 2.24) is 5.32 Å². The Hall–Kier alpha value is -1.76. The first-order valence-corrected chi connectivity index (χ1v) is 6.91. The molecule has 0 spiro atoms. The molecule has 1 amide bonds. The number of para-hydroxylation sites is 1. The fourth-order valence-corrected chi connectivity index (χ4v) is 2.64. The van der Waals surface area contributed by atoms with Crippen molar-refractivity contribution in [3.8, 4) is 0 Å². The van der Waals surface area contributed by atoms with Gasteiger partial charge in [0.2, 0.25) is 0 Å². The van der Waals surface area contributed by atoms with E-state index in [-0.39, 0.29) is 11.6 Å². The van der Waals surface area contributed by atoms with Crippen molar-refractivity contribution in [2.24, 2.45) is 5.84 Å². The summed E-state index contributed by atoms with van der Waals surface area (Å²) in [6.07, 6.45) is 0.325. The van der Waals surface area contributed by atoms with Crippen LogP contribution in [0.5, 0.6) is 0 Å². The molecule has 1 aromatic carbocycles. The monoisotopic (exact) mass is 301 g/mol. The van der Waals surface area contributed by atoms with Gasteiger partial charge in [-0.05, 0) is 25.0 Å². The molecular formula is C14H18F3N3O. The third-order valence-electron chi connectivity index (χ3n) is 3.70. The summed E-state index contributed by atoms with van der Waals surface area (Å²) in [6.45, 7) is 0. The van der Waals surface area contributed by atoms with E-state index in [0.717, 1.165) is 38.2 Å². The minimum absolute atomic E-state index is 0.0198. The highest BCUT2D eigenvalue weighted by Crippen LogP contribution is 2.36. The van der Waals surface area contributed by atoms with Gasteiger partial charge in [-0.2, -0.15) is 13.2 Å². The maximum atomic E-state index is 12.9. The van der Waals surface area contributed by atoms with Crippen molar-refractivity contribution in [3.63, 3.8) is 0 Å². The number of nitrogen functional groups attached to an aromatic ring is 1. The number of nitrogens with one attached hydrogen (secondary N) is 2. The van der Waals surface area contributed by atoms with Gasteiger partial charge >= 0.3 is 6.18 Å². The topological polar surface area (TPSA) is 67.1 Å². The fraction of sp³-hybridized carbons (Fsp3) is 0.500. The molecule has 0 bridgehead atoms. The number of rotatable bonds is 3. The predicted molar refractivity (Wildman–Crippen MR) is 73.6 cm³/mol. The van der Waals surface area contributed by atoms with Crippen molar-refractivity contribution in [3.05, 3.63) is 29.3 Å². The summed E-state index contributed by atoms with van der Waals surface area (Å²) >= 11 is 0. The molecule has 7 heteroatoms. The lowest BCUT2D eigenvalue weighted by atomic mass is 9.95. The van der Waals surface area contributed by atoms with Gasteiger partial charge in [-0.15, -0.1) is 0 Å². The number of halogens is 3. The SMILES string of the molecule is NNc1c(C(=O)NC2CCCCC2)cccc1C(F)(F)F. The molecule has 1 aliphatic carbocycles. The molecule has 1 fully saturated rings. The first-order valence-electron chi connectivity index (χ1n) is 6.91. The van der Waals surface area contributed by atoms with Crippen LogP contribution >= 0.6 is 0 Å². The van der Waals surface area contributed by atoms with Crippen molar-refractivity contribution < 1.29 is 18.0 Å². The summed E-state index contributed by atoms with van der Waals surface area (Å²) in [5.41, 5.74) is 0.589. The normalized spacial score (nSPS) is 16.6. The second-order valence-electron chi connectivity index (χ2n) is 5.18. The van der Waals surface area contributed by atoms with Crippen LogP contribution in [0.3, 0.4) is 0 Å². The zero-order valence-electron chi connectivity index (χ0n) is 11.5. The number of anilines is 1. The lowest BCUT2D eigenvalue weighted by Gasteiger charge is -2.23. The fourth-order valence-electron chi connectivity index (χ4n) is 2.64. The number of alkyl halides is 3. The molecule has 0 radical (unpaired) electrons. The summed E-state index contributed by atoms with van der Waals surface area (Å²) in [6, 6.07) is 3.46. The van der Waals surface area contributed by atoms with Crippen molar-refractivity contribution in [2.75, 3.05) is 5.43 Å². The average molecular weight is 301 g/mol. The summed E-state index contributed by atoms with van der Waals surface area (Å²) in [5, 5.41) is 2.79. The molecule has 116 valence electrons. The first kappa shape index (κ1) is 15.6. The predicted octanol–water partition coefficient (Wildman–Crippen LogP) is 3.05. The van der Waals surface area contributed by atoms with Gasteiger partial charge in [0.05, 0.1) is 16.8 Å². The number of hydrogen-bond acceptors (Lipinski definition) is 3. The minimum atomic E-state index is -4.57. The zero-order valence-corrected chi connectivity index (χ0v) is 11.5. The molecule has 1 saturated carbocycles. The molecule has 0 aliphatic heterocycles. The van der Waals surface area contributed by atoms with Gasteiger partial charge in [-0.25, -0.2) is 0 Å². The number of hydrogen-bond donors (Lipinski definition) is 3. The molecule has 0 saturated heterocycles. The van der Waals surface area contributed by atoms with E-state index in [9.17, 15) is 18.0 Å². The Balaban J connectivity index is 2.24. The first-order chi connectivity index (χ1) is 9.93. The van der Waals surface area contributed by atoms with Gasteiger partial charge in [-0.1, -0.05) is 25.3 Å². The van der Waals surface area contributed by atoms with Crippen molar-refractivity contribution in [1.29, 1.82) is 0 Å². The number of amides is 1. The molecule has 0 unspecified atom stereocenters.